The molecule has 9 heteroatoms. The number of benzene rings is 2. The number of halogens is 3. The van der Waals surface area contributed by atoms with Crippen molar-refractivity contribution in [2.24, 2.45) is 0 Å². The number of amides is 1. The highest BCUT2D eigenvalue weighted by atomic mass is 79.9. The molecule has 28 heavy (non-hydrogen) atoms. The lowest BCUT2D eigenvalue weighted by Crippen LogP contribution is -2.29. The molecule has 0 atom stereocenters. The van der Waals surface area contributed by atoms with E-state index in [-0.39, 0.29) is 21.3 Å². The Bertz CT molecular complexity index is 995. The van der Waals surface area contributed by atoms with Gasteiger partial charge in [0.1, 0.15) is 5.82 Å². The van der Waals surface area contributed by atoms with Crippen LogP contribution in [0, 0.1) is 5.82 Å². The standard InChI is InChI=1S/C19H19BrClFN2O3S/c20-16-11-13(3-6-18(16)22)7-8-23-19(25)15-12-14(4-5-17(15)21)28(26,27)24-9-1-2-10-24/h3-6,11-12H,1-2,7-10H2,(H,23,25). The molecule has 2 aromatic rings. The molecule has 1 aliphatic rings. The molecule has 1 heterocycles. The fourth-order valence-electron chi connectivity index (χ4n) is 3.03. The Morgan fingerprint density at radius 2 is 1.89 bits per heavy atom. The van der Waals surface area contributed by atoms with Gasteiger partial charge in [0.2, 0.25) is 10.0 Å². The summed E-state index contributed by atoms with van der Waals surface area (Å²) in [5, 5.41) is 2.91. The van der Waals surface area contributed by atoms with Gasteiger partial charge >= 0.3 is 0 Å². The minimum Gasteiger partial charge on any atom is -0.352 e. The first-order valence-electron chi connectivity index (χ1n) is 8.81. The number of carbonyl (C=O) groups excluding carboxylic acids is 1. The molecule has 1 saturated heterocycles. The summed E-state index contributed by atoms with van der Waals surface area (Å²) in [7, 11) is -3.63. The molecule has 1 N–H and O–H groups in total. The van der Waals surface area contributed by atoms with Gasteiger partial charge in [-0.05, 0) is 71.1 Å². The summed E-state index contributed by atoms with van der Waals surface area (Å²) in [5.41, 5.74) is 0.965. The number of hydrogen-bond acceptors (Lipinski definition) is 3. The molecule has 3 rings (SSSR count). The van der Waals surface area contributed by atoms with Gasteiger partial charge in [0, 0.05) is 19.6 Å². The van der Waals surface area contributed by atoms with E-state index in [9.17, 15) is 17.6 Å². The highest BCUT2D eigenvalue weighted by Gasteiger charge is 2.28. The quantitative estimate of drug-likeness (QED) is 0.667. The van der Waals surface area contributed by atoms with Crippen molar-refractivity contribution < 1.29 is 17.6 Å². The van der Waals surface area contributed by atoms with Gasteiger partial charge < -0.3 is 5.32 Å². The number of carbonyl (C=O) groups is 1. The van der Waals surface area contributed by atoms with Crippen molar-refractivity contribution in [2.75, 3.05) is 19.6 Å². The Morgan fingerprint density at radius 3 is 2.57 bits per heavy atom. The van der Waals surface area contributed by atoms with Crippen molar-refractivity contribution in [3.63, 3.8) is 0 Å². The average molecular weight is 490 g/mol. The number of nitrogens with zero attached hydrogens (tertiary/aromatic N) is 1. The smallest absolute Gasteiger partial charge is 0.252 e. The molecule has 0 radical (unpaired) electrons. The zero-order valence-electron chi connectivity index (χ0n) is 14.9. The molecule has 0 aromatic heterocycles. The van der Waals surface area contributed by atoms with Crippen LogP contribution < -0.4 is 5.32 Å². The summed E-state index contributed by atoms with van der Waals surface area (Å²) in [4.78, 5) is 12.6. The normalized spacial score (nSPS) is 15.0. The third-order valence-corrected chi connectivity index (χ3v) is 7.40. The zero-order valence-corrected chi connectivity index (χ0v) is 18.1. The minimum atomic E-state index is -3.63. The molecule has 0 unspecified atom stereocenters. The van der Waals surface area contributed by atoms with E-state index in [0.717, 1.165) is 18.4 Å². The van der Waals surface area contributed by atoms with Gasteiger partial charge in [0.15, 0.2) is 0 Å². The molecule has 0 bridgehead atoms. The lowest BCUT2D eigenvalue weighted by molar-refractivity contribution is 0.0954. The Labute approximate surface area is 177 Å². The fraction of sp³-hybridized carbons (Fsp3) is 0.316. The number of nitrogens with one attached hydrogen (secondary N) is 1. The molecule has 0 spiro atoms. The predicted molar refractivity (Wildman–Crippen MR) is 110 cm³/mol. The van der Waals surface area contributed by atoms with Crippen molar-refractivity contribution >= 4 is 43.5 Å². The zero-order chi connectivity index (χ0) is 20.3. The molecular weight excluding hydrogens is 471 g/mol. The molecule has 2 aromatic carbocycles. The lowest BCUT2D eigenvalue weighted by Gasteiger charge is -2.16. The fourth-order valence-corrected chi connectivity index (χ4v) is 5.20. The molecule has 5 nitrogen and oxygen atoms in total. The maximum atomic E-state index is 13.3. The number of rotatable bonds is 6. The van der Waals surface area contributed by atoms with Crippen LogP contribution >= 0.6 is 27.5 Å². The van der Waals surface area contributed by atoms with Crippen LogP contribution in [-0.4, -0.2) is 38.3 Å². The first-order valence-corrected chi connectivity index (χ1v) is 11.4. The number of sulfonamides is 1. The first kappa shape index (κ1) is 21.2. The molecule has 0 aliphatic carbocycles. The van der Waals surface area contributed by atoms with Crippen LogP contribution in [0.4, 0.5) is 4.39 Å². The van der Waals surface area contributed by atoms with Crippen LogP contribution in [0.1, 0.15) is 28.8 Å². The van der Waals surface area contributed by atoms with Gasteiger partial charge in [-0.1, -0.05) is 17.7 Å². The monoisotopic (exact) mass is 488 g/mol. The van der Waals surface area contributed by atoms with Crippen molar-refractivity contribution in [1.29, 1.82) is 0 Å². The van der Waals surface area contributed by atoms with E-state index in [4.69, 9.17) is 11.6 Å². The summed E-state index contributed by atoms with van der Waals surface area (Å²) >= 11 is 9.24. The highest BCUT2D eigenvalue weighted by molar-refractivity contribution is 9.10. The summed E-state index contributed by atoms with van der Waals surface area (Å²) < 4.78 is 40.4. The topological polar surface area (TPSA) is 66.5 Å². The van der Waals surface area contributed by atoms with E-state index in [1.54, 1.807) is 12.1 Å². The molecule has 150 valence electrons. The molecule has 0 saturated carbocycles. The third kappa shape index (κ3) is 4.74. The van der Waals surface area contributed by atoms with Gasteiger partial charge in [0.25, 0.3) is 5.91 Å². The van der Waals surface area contributed by atoms with Crippen LogP contribution in [0.3, 0.4) is 0 Å². The van der Waals surface area contributed by atoms with E-state index < -0.39 is 15.9 Å². The van der Waals surface area contributed by atoms with Gasteiger partial charge in [-0.2, -0.15) is 4.31 Å². The van der Waals surface area contributed by atoms with Gasteiger partial charge in [0.05, 0.1) is 20.0 Å². The minimum absolute atomic E-state index is 0.0615. The molecule has 1 amide bonds. The van der Waals surface area contributed by atoms with Gasteiger partial charge in [-0.15, -0.1) is 0 Å². The third-order valence-electron chi connectivity index (χ3n) is 4.57. The average Bonchev–Trinajstić information content (AvgIpc) is 3.20. The summed E-state index contributed by atoms with van der Waals surface area (Å²) in [6.07, 6.45) is 2.16. The maximum Gasteiger partial charge on any atom is 0.252 e. The predicted octanol–water partition coefficient (Wildman–Crippen LogP) is 4.00. The van der Waals surface area contributed by atoms with E-state index in [1.165, 1.54) is 28.6 Å². The molecular formula is C19H19BrClFN2O3S. The van der Waals surface area contributed by atoms with E-state index >= 15 is 0 Å². The summed E-state index contributed by atoms with van der Waals surface area (Å²) in [6.45, 7) is 1.27. The van der Waals surface area contributed by atoms with Gasteiger partial charge in [-0.3, -0.25) is 4.79 Å². The summed E-state index contributed by atoms with van der Waals surface area (Å²) in [6, 6.07) is 8.81. The Morgan fingerprint density at radius 1 is 1.18 bits per heavy atom. The van der Waals surface area contributed by atoms with Crippen molar-refractivity contribution in [3.8, 4) is 0 Å². The SMILES string of the molecule is O=C(NCCc1ccc(F)c(Br)c1)c1cc(S(=O)(=O)N2CCCC2)ccc1Cl. The second-order valence-corrected chi connectivity index (χ2v) is 9.71. The highest BCUT2D eigenvalue weighted by Crippen LogP contribution is 2.25. The van der Waals surface area contributed by atoms with Crippen LogP contribution in [0.5, 0.6) is 0 Å². The second-order valence-electron chi connectivity index (χ2n) is 6.51. The summed E-state index contributed by atoms with van der Waals surface area (Å²) in [5.74, 6) is -0.805. The second kappa shape index (κ2) is 8.90. The van der Waals surface area contributed by atoms with Crippen LogP contribution in [0.2, 0.25) is 5.02 Å². The Hall–Kier alpha value is -1.48. The lowest BCUT2D eigenvalue weighted by atomic mass is 10.1. The van der Waals surface area contributed by atoms with Crippen LogP contribution in [-0.2, 0) is 16.4 Å². The largest absolute Gasteiger partial charge is 0.352 e. The first-order chi connectivity index (χ1) is 13.3. The van der Waals surface area contributed by atoms with Crippen LogP contribution in [0.15, 0.2) is 45.8 Å². The molecule has 1 aliphatic heterocycles. The van der Waals surface area contributed by atoms with E-state index in [1.807, 2.05) is 0 Å². The van der Waals surface area contributed by atoms with Gasteiger partial charge in [-0.25, -0.2) is 12.8 Å². The van der Waals surface area contributed by atoms with Crippen LogP contribution in [0.25, 0.3) is 0 Å². The van der Waals surface area contributed by atoms with E-state index in [0.29, 0.717) is 30.5 Å². The molecule has 1 fully saturated rings. The van der Waals surface area contributed by atoms with Crippen molar-refractivity contribution in [2.45, 2.75) is 24.2 Å². The number of hydrogen-bond donors (Lipinski definition) is 1. The maximum absolute atomic E-state index is 13.3. The van der Waals surface area contributed by atoms with E-state index in [2.05, 4.69) is 21.2 Å². The van der Waals surface area contributed by atoms with Crippen molar-refractivity contribution in [3.05, 3.63) is 62.8 Å². The Balaban J connectivity index is 1.70. The van der Waals surface area contributed by atoms with Crippen molar-refractivity contribution in [1.82, 2.24) is 9.62 Å². The Kier molecular flexibility index (Phi) is 6.75.